The third-order valence-electron chi connectivity index (χ3n) is 3.00. The Morgan fingerprint density at radius 2 is 2.25 bits per heavy atom. The van der Waals surface area contributed by atoms with E-state index in [9.17, 15) is 9.90 Å². The minimum absolute atomic E-state index is 0.192. The molecule has 0 unspecified atom stereocenters. The summed E-state index contributed by atoms with van der Waals surface area (Å²) in [4.78, 5) is 11.6. The Hall–Kier alpha value is -1.84. The van der Waals surface area contributed by atoms with Crippen LogP contribution in [0.2, 0.25) is 0 Å². The fraction of sp³-hybridized carbons (Fsp3) is 0.333. The normalized spacial score (nSPS) is 15.5. The summed E-state index contributed by atoms with van der Waals surface area (Å²) in [6, 6.07) is 6.61. The van der Waals surface area contributed by atoms with Gasteiger partial charge in [-0.25, -0.2) is 9.36 Å². The van der Waals surface area contributed by atoms with Crippen LogP contribution in [-0.4, -0.2) is 4.40 Å². The molecule has 0 spiro atoms. The predicted molar refractivity (Wildman–Crippen MR) is 56.0 cm³/mol. The zero-order chi connectivity index (χ0) is 11.1. The molecule has 2 aromatic heterocycles. The first-order valence-electron chi connectivity index (χ1n) is 5.47. The number of pyridine rings is 1. The van der Waals surface area contributed by atoms with E-state index >= 15 is 0 Å². The van der Waals surface area contributed by atoms with Crippen LogP contribution in [-0.2, 0) is 6.54 Å². The fourth-order valence-corrected chi connectivity index (χ4v) is 1.95. The molecule has 16 heavy (non-hydrogen) atoms. The molecule has 1 fully saturated rings. The van der Waals surface area contributed by atoms with E-state index in [1.165, 1.54) is 17.2 Å². The smallest absolute Gasteiger partial charge is 0.341 e. The molecule has 1 saturated carbocycles. The number of aromatic nitrogens is 2. The predicted octanol–water partition coefficient (Wildman–Crippen LogP) is 0.0706. The summed E-state index contributed by atoms with van der Waals surface area (Å²) in [5.41, 5.74) is 0.430. The first-order valence-corrected chi connectivity index (χ1v) is 5.47. The largest absolute Gasteiger partial charge is 0.842 e. The molecular weight excluding hydrogens is 204 g/mol. The monoisotopic (exact) mass is 216 g/mol. The number of nitrogens with zero attached hydrogens (tertiary/aromatic N) is 2. The highest BCUT2D eigenvalue weighted by Crippen LogP contribution is 2.29. The van der Waals surface area contributed by atoms with Gasteiger partial charge in [-0.05, 0) is 24.8 Å². The minimum Gasteiger partial charge on any atom is -0.842 e. The van der Waals surface area contributed by atoms with Crippen molar-refractivity contribution >= 4 is 5.65 Å². The van der Waals surface area contributed by atoms with Gasteiger partial charge in [0.25, 0.3) is 5.65 Å². The highest BCUT2D eigenvalue weighted by Gasteiger charge is 2.25. The third-order valence-corrected chi connectivity index (χ3v) is 3.00. The van der Waals surface area contributed by atoms with E-state index in [4.69, 9.17) is 0 Å². The van der Waals surface area contributed by atoms with Crippen LogP contribution in [0.5, 0.6) is 5.88 Å². The maximum Gasteiger partial charge on any atom is 0.341 e. The lowest BCUT2D eigenvalue weighted by atomic mass is 10.3. The molecule has 2 heterocycles. The molecule has 0 N–H and O–H groups in total. The van der Waals surface area contributed by atoms with Crippen LogP contribution in [0.25, 0.3) is 5.65 Å². The van der Waals surface area contributed by atoms with Crippen molar-refractivity contribution in [2.24, 2.45) is 5.92 Å². The summed E-state index contributed by atoms with van der Waals surface area (Å²) in [5.74, 6) is 0.419. The Morgan fingerprint density at radius 3 is 3.00 bits per heavy atom. The van der Waals surface area contributed by atoms with Gasteiger partial charge in [-0.15, -0.1) is 0 Å². The molecule has 1 aliphatic rings. The van der Waals surface area contributed by atoms with E-state index in [0.29, 0.717) is 11.6 Å². The molecule has 3 rings (SSSR count). The van der Waals surface area contributed by atoms with Crippen molar-refractivity contribution in [2.75, 3.05) is 0 Å². The van der Waals surface area contributed by atoms with Crippen molar-refractivity contribution in [2.45, 2.75) is 19.4 Å². The molecule has 0 aliphatic heterocycles. The average Bonchev–Trinajstić information content (AvgIpc) is 3.08. The molecular formula is C12H12N2O2. The number of fused-ring (bicyclic) bond motifs is 1. The molecule has 0 saturated heterocycles. The van der Waals surface area contributed by atoms with Crippen LogP contribution < -0.4 is 15.2 Å². The van der Waals surface area contributed by atoms with E-state index in [1.807, 2.05) is 12.1 Å². The molecule has 0 bridgehead atoms. The van der Waals surface area contributed by atoms with Crippen molar-refractivity contribution in [3.8, 4) is 5.88 Å². The van der Waals surface area contributed by atoms with Gasteiger partial charge < -0.3 is 5.11 Å². The zero-order valence-electron chi connectivity index (χ0n) is 8.80. The van der Waals surface area contributed by atoms with E-state index in [2.05, 4.69) is 0 Å². The van der Waals surface area contributed by atoms with Crippen molar-refractivity contribution in [1.82, 2.24) is 4.40 Å². The van der Waals surface area contributed by atoms with Crippen LogP contribution in [0, 0.1) is 5.92 Å². The maximum atomic E-state index is 11.8. The van der Waals surface area contributed by atoms with Gasteiger partial charge in [0.15, 0.2) is 0 Å². The number of hydrogen-bond donors (Lipinski definition) is 0. The Bertz CT molecular complexity index is 599. The lowest BCUT2D eigenvalue weighted by Gasteiger charge is -2.11. The van der Waals surface area contributed by atoms with E-state index in [0.717, 1.165) is 12.6 Å². The lowest BCUT2D eigenvalue weighted by Crippen LogP contribution is -2.43. The average molecular weight is 216 g/mol. The standard InChI is InChI=1S/C12H12N2O2/c15-11-7-12(16)14(8-9-4-5-9)10-3-1-2-6-13(10)11/h1-3,6-7,9H,4-5,8H2. The highest BCUT2D eigenvalue weighted by molar-refractivity contribution is 5.32. The molecule has 0 atom stereocenters. The van der Waals surface area contributed by atoms with Crippen LogP contribution in [0.4, 0.5) is 0 Å². The quantitative estimate of drug-likeness (QED) is 0.667. The van der Waals surface area contributed by atoms with Gasteiger partial charge in [0.05, 0.1) is 24.7 Å². The Balaban J connectivity index is 2.27. The topological polar surface area (TPSA) is 48.4 Å². The molecule has 2 aromatic rings. The molecule has 4 nitrogen and oxygen atoms in total. The second-order valence-electron chi connectivity index (χ2n) is 4.30. The second-order valence-corrected chi connectivity index (χ2v) is 4.30. The fourth-order valence-electron chi connectivity index (χ4n) is 1.95. The van der Waals surface area contributed by atoms with E-state index in [1.54, 1.807) is 16.8 Å². The molecule has 0 amide bonds. The second kappa shape index (κ2) is 3.33. The first kappa shape index (κ1) is 9.39. The van der Waals surface area contributed by atoms with Crippen molar-refractivity contribution in [3.05, 3.63) is 40.8 Å². The van der Waals surface area contributed by atoms with Crippen molar-refractivity contribution < 1.29 is 9.67 Å². The highest BCUT2D eigenvalue weighted by atomic mass is 16.3. The van der Waals surface area contributed by atoms with Gasteiger partial charge in [-0.2, -0.15) is 4.40 Å². The van der Waals surface area contributed by atoms with Crippen LogP contribution in [0.1, 0.15) is 12.8 Å². The summed E-state index contributed by atoms with van der Waals surface area (Å²) < 4.78 is 3.21. The van der Waals surface area contributed by atoms with Gasteiger partial charge in [0.1, 0.15) is 0 Å². The van der Waals surface area contributed by atoms with Gasteiger partial charge in [-0.3, -0.25) is 0 Å². The van der Waals surface area contributed by atoms with Crippen molar-refractivity contribution in [3.63, 3.8) is 0 Å². The molecule has 1 aliphatic carbocycles. The number of hydrogen-bond acceptors (Lipinski definition) is 2. The Morgan fingerprint density at radius 1 is 1.44 bits per heavy atom. The summed E-state index contributed by atoms with van der Waals surface area (Å²) in [7, 11) is 0. The Kier molecular flexibility index (Phi) is 1.96. The summed E-state index contributed by atoms with van der Waals surface area (Å²) in [6.45, 7) is 0.729. The Labute approximate surface area is 92.4 Å². The lowest BCUT2D eigenvalue weighted by molar-refractivity contribution is -0.719. The van der Waals surface area contributed by atoms with Gasteiger partial charge in [0, 0.05) is 6.07 Å². The molecule has 0 aromatic carbocycles. The van der Waals surface area contributed by atoms with Crippen LogP contribution in [0.3, 0.4) is 0 Å². The third kappa shape index (κ3) is 1.46. The molecule has 4 heteroatoms. The maximum absolute atomic E-state index is 11.8. The summed E-state index contributed by atoms with van der Waals surface area (Å²) in [5, 5.41) is 11.8. The van der Waals surface area contributed by atoms with Gasteiger partial charge >= 0.3 is 5.56 Å². The first-order chi connectivity index (χ1) is 7.75. The van der Waals surface area contributed by atoms with Gasteiger partial charge in [0.2, 0.25) is 0 Å². The molecule has 82 valence electrons. The molecule has 0 radical (unpaired) electrons. The van der Waals surface area contributed by atoms with Crippen LogP contribution in [0.15, 0.2) is 35.3 Å². The SMILES string of the molecule is O=c1cc([O-])[n+](CC2CC2)c2ccccn12. The van der Waals surface area contributed by atoms with Crippen LogP contribution >= 0.6 is 0 Å². The minimum atomic E-state index is -0.257. The number of rotatable bonds is 2. The van der Waals surface area contributed by atoms with E-state index in [-0.39, 0.29) is 11.4 Å². The van der Waals surface area contributed by atoms with Crippen molar-refractivity contribution in [1.29, 1.82) is 0 Å². The zero-order valence-corrected chi connectivity index (χ0v) is 8.80. The summed E-state index contributed by atoms with van der Waals surface area (Å²) >= 11 is 0. The van der Waals surface area contributed by atoms with E-state index < -0.39 is 0 Å². The summed E-state index contributed by atoms with van der Waals surface area (Å²) in [6.07, 6.45) is 4.07. The van der Waals surface area contributed by atoms with Gasteiger partial charge in [-0.1, -0.05) is 6.07 Å².